The minimum atomic E-state index is 0.782. The van der Waals surface area contributed by atoms with E-state index < -0.39 is 0 Å². The maximum atomic E-state index is 4.70. The third-order valence-corrected chi connectivity index (χ3v) is 3.80. The standard InChI is InChI=1S/C14H19N3/c1-11-13-4-2-3-5-14(13)16-17(11)10-12-6-8-15-9-7-12/h2-5,12,15H,6-10H2,1H3. The fourth-order valence-corrected chi connectivity index (χ4v) is 2.70. The fourth-order valence-electron chi connectivity index (χ4n) is 2.70. The Labute approximate surface area is 102 Å². The molecule has 0 atom stereocenters. The Morgan fingerprint density at radius 1 is 1.29 bits per heavy atom. The molecule has 0 spiro atoms. The molecule has 0 radical (unpaired) electrons. The number of benzene rings is 1. The van der Waals surface area contributed by atoms with Crippen molar-refractivity contribution in [1.29, 1.82) is 0 Å². The van der Waals surface area contributed by atoms with E-state index in [1.54, 1.807) is 0 Å². The third-order valence-electron chi connectivity index (χ3n) is 3.80. The van der Waals surface area contributed by atoms with E-state index in [-0.39, 0.29) is 0 Å². The van der Waals surface area contributed by atoms with Crippen LogP contribution in [0.1, 0.15) is 18.5 Å². The normalized spacial score (nSPS) is 17.7. The molecule has 3 rings (SSSR count). The van der Waals surface area contributed by atoms with E-state index in [4.69, 9.17) is 5.10 Å². The van der Waals surface area contributed by atoms with Crippen LogP contribution in [-0.4, -0.2) is 22.9 Å². The minimum Gasteiger partial charge on any atom is -0.317 e. The molecule has 17 heavy (non-hydrogen) atoms. The Kier molecular flexibility index (Phi) is 2.85. The minimum absolute atomic E-state index is 0.782. The van der Waals surface area contributed by atoms with Gasteiger partial charge in [-0.2, -0.15) is 5.10 Å². The molecule has 3 heteroatoms. The van der Waals surface area contributed by atoms with Crippen LogP contribution >= 0.6 is 0 Å². The van der Waals surface area contributed by atoms with Gasteiger partial charge in [-0.05, 0) is 44.8 Å². The molecule has 90 valence electrons. The van der Waals surface area contributed by atoms with E-state index in [0.29, 0.717) is 0 Å². The summed E-state index contributed by atoms with van der Waals surface area (Å²) in [6.45, 7) is 5.56. The average Bonchev–Trinajstić information content (AvgIpc) is 2.68. The number of piperidine rings is 1. The summed E-state index contributed by atoms with van der Waals surface area (Å²) in [4.78, 5) is 0. The topological polar surface area (TPSA) is 29.9 Å². The molecule has 2 aromatic rings. The Balaban J connectivity index is 1.87. The summed E-state index contributed by atoms with van der Waals surface area (Å²) < 4.78 is 2.20. The second-order valence-electron chi connectivity index (χ2n) is 4.98. The van der Waals surface area contributed by atoms with Crippen LogP contribution in [0.5, 0.6) is 0 Å². The molecule has 1 saturated heterocycles. The molecule has 0 saturated carbocycles. The van der Waals surface area contributed by atoms with Gasteiger partial charge < -0.3 is 5.32 Å². The molecule has 1 N–H and O–H groups in total. The van der Waals surface area contributed by atoms with Crippen molar-refractivity contribution in [2.75, 3.05) is 13.1 Å². The third kappa shape index (κ3) is 2.07. The molecule has 1 fully saturated rings. The highest BCUT2D eigenvalue weighted by atomic mass is 15.3. The monoisotopic (exact) mass is 229 g/mol. The number of fused-ring (bicyclic) bond motifs is 1. The predicted molar refractivity (Wildman–Crippen MR) is 70.1 cm³/mol. The lowest BCUT2D eigenvalue weighted by Gasteiger charge is -2.22. The molecule has 0 unspecified atom stereocenters. The quantitative estimate of drug-likeness (QED) is 0.856. The fraction of sp³-hybridized carbons (Fsp3) is 0.500. The Morgan fingerprint density at radius 3 is 2.82 bits per heavy atom. The summed E-state index contributed by atoms with van der Waals surface area (Å²) in [6.07, 6.45) is 2.55. The van der Waals surface area contributed by atoms with E-state index in [1.807, 2.05) is 0 Å². The van der Waals surface area contributed by atoms with Crippen molar-refractivity contribution in [3.8, 4) is 0 Å². The van der Waals surface area contributed by atoms with Crippen molar-refractivity contribution < 1.29 is 0 Å². The van der Waals surface area contributed by atoms with Gasteiger partial charge in [-0.3, -0.25) is 4.68 Å². The van der Waals surface area contributed by atoms with E-state index in [0.717, 1.165) is 31.1 Å². The van der Waals surface area contributed by atoms with Crippen molar-refractivity contribution in [2.24, 2.45) is 5.92 Å². The highest BCUT2D eigenvalue weighted by molar-refractivity contribution is 5.81. The van der Waals surface area contributed by atoms with Gasteiger partial charge in [-0.1, -0.05) is 18.2 Å². The lowest BCUT2D eigenvalue weighted by Crippen LogP contribution is -2.30. The molecule has 0 bridgehead atoms. The molecular formula is C14H19N3. The second-order valence-corrected chi connectivity index (χ2v) is 4.98. The molecule has 1 aromatic heterocycles. The van der Waals surface area contributed by atoms with Crippen molar-refractivity contribution in [3.05, 3.63) is 30.0 Å². The van der Waals surface area contributed by atoms with Gasteiger partial charge in [-0.15, -0.1) is 0 Å². The van der Waals surface area contributed by atoms with Gasteiger partial charge in [0.25, 0.3) is 0 Å². The van der Waals surface area contributed by atoms with Gasteiger partial charge in [0.15, 0.2) is 0 Å². The maximum absolute atomic E-state index is 4.70. The molecule has 0 aliphatic carbocycles. The zero-order valence-electron chi connectivity index (χ0n) is 10.3. The summed E-state index contributed by atoms with van der Waals surface area (Å²) in [6, 6.07) is 8.41. The SMILES string of the molecule is Cc1c2ccccc2nn1CC1CCNCC1. The number of nitrogens with zero attached hydrogens (tertiary/aromatic N) is 2. The van der Waals surface area contributed by atoms with E-state index in [9.17, 15) is 0 Å². The first kappa shape index (κ1) is 10.8. The highest BCUT2D eigenvalue weighted by Gasteiger charge is 2.15. The summed E-state index contributed by atoms with van der Waals surface area (Å²) in [7, 11) is 0. The molecule has 1 aliphatic rings. The van der Waals surface area contributed by atoms with Gasteiger partial charge in [0.05, 0.1) is 5.52 Å². The number of aromatic nitrogens is 2. The van der Waals surface area contributed by atoms with Gasteiger partial charge in [-0.25, -0.2) is 0 Å². The zero-order chi connectivity index (χ0) is 11.7. The number of hydrogen-bond acceptors (Lipinski definition) is 2. The first-order valence-electron chi connectivity index (χ1n) is 6.47. The van der Waals surface area contributed by atoms with Crippen LogP contribution in [0.4, 0.5) is 0 Å². The van der Waals surface area contributed by atoms with Gasteiger partial charge >= 0.3 is 0 Å². The first-order chi connectivity index (χ1) is 8.34. The smallest absolute Gasteiger partial charge is 0.0926 e. The van der Waals surface area contributed by atoms with Crippen molar-refractivity contribution in [1.82, 2.24) is 15.1 Å². The number of aryl methyl sites for hydroxylation is 1. The van der Waals surface area contributed by atoms with E-state index >= 15 is 0 Å². The Morgan fingerprint density at radius 2 is 2.06 bits per heavy atom. The van der Waals surface area contributed by atoms with E-state index in [2.05, 4.69) is 41.2 Å². The molecule has 2 heterocycles. The Hall–Kier alpha value is -1.35. The molecular weight excluding hydrogens is 210 g/mol. The van der Waals surface area contributed by atoms with Crippen molar-refractivity contribution in [3.63, 3.8) is 0 Å². The number of hydrogen-bond donors (Lipinski definition) is 1. The first-order valence-corrected chi connectivity index (χ1v) is 6.47. The lowest BCUT2D eigenvalue weighted by atomic mass is 9.98. The van der Waals surface area contributed by atoms with E-state index in [1.165, 1.54) is 23.9 Å². The highest BCUT2D eigenvalue weighted by Crippen LogP contribution is 2.20. The zero-order valence-corrected chi connectivity index (χ0v) is 10.3. The van der Waals surface area contributed by atoms with Gasteiger partial charge in [0, 0.05) is 17.6 Å². The summed E-state index contributed by atoms with van der Waals surface area (Å²) in [5.41, 5.74) is 2.43. The summed E-state index contributed by atoms with van der Waals surface area (Å²) >= 11 is 0. The van der Waals surface area contributed by atoms with Crippen LogP contribution in [0, 0.1) is 12.8 Å². The van der Waals surface area contributed by atoms with Crippen LogP contribution in [0.15, 0.2) is 24.3 Å². The Bertz CT molecular complexity index is 509. The summed E-state index contributed by atoms with van der Waals surface area (Å²) in [5, 5.41) is 9.41. The maximum Gasteiger partial charge on any atom is 0.0926 e. The molecule has 0 amide bonds. The van der Waals surface area contributed by atoms with Crippen LogP contribution in [0.2, 0.25) is 0 Å². The molecule has 1 aromatic carbocycles. The predicted octanol–water partition coefficient (Wildman–Crippen LogP) is 2.34. The van der Waals surface area contributed by atoms with Crippen LogP contribution in [-0.2, 0) is 6.54 Å². The number of rotatable bonds is 2. The molecule has 3 nitrogen and oxygen atoms in total. The van der Waals surface area contributed by atoms with Gasteiger partial charge in [0.2, 0.25) is 0 Å². The number of nitrogens with one attached hydrogen (secondary N) is 1. The summed E-state index contributed by atoms with van der Waals surface area (Å²) in [5.74, 6) is 0.782. The van der Waals surface area contributed by atoms with Crippen molar-refractivity contribution >= 4 is 10.9 Å². The van der Waals surface area contributed by atoms with Crippen LogP contribution < -0.4 is 5.32 Å². The lowest BCUT2D eigenvalue weighted by molar-refractivity contribution is 0.319. The second kappa shape index (κ2) is 4.49. The van der Waals surface area contributed by atoms with Crippen molar-refractivity contribution in [2.45, 2.75) is 26.3 Å². The largest absolute Gasteiger partial charge is 0.317 e. The average molecular weight is 229 g/mol. The van der Waals surface area contributed by atoms with Crippen LogP contribution in [0.25, 0.3) is 10.9 Å². The van der Waals surface area contributed by atoms with Gasteiger partial charge in [0.1, 0.15) is 0 Å². The van der Waals surface area contributed by atoms with Crippen LogP contribution in [0.3, 0.4) is 0 Å². The molecule has 1 aliphatic heterocycles.